The van der Waals surface area contributed by atoms with E-state index in [1.807, 2.05) is 54.6 Å². The average Bonchev–Trinajstić information content (AvgIpc) is 3.23. The maximum atomic E-state index is 12.4. The monoisotopic (exact) mass is 522 g/mol. The Morgan fingerprint density at radius 3 is 2.79 bits per heavy atom. The van der Waals surface area contributed by atoms with E-state index in [0.717, 1.165) is 32.3 Å². The topological polar surface area (TPSA) is 63.8 Å². The quantitative estimate of drug-likeness (QED) is 0.155. The Kier molecular flexibility index (Phi) is 7.27. The molecule has 33 heavy (non-hydrogen) atoms. The smallest absolute Gasteiger partial charge is 0.307 e. The van der Waals surface area contributed by atoms with Crippen LogP contribution in [0.1, 0.15) is 27.2 Å². The number of nitrogens with zero attached hydrogens (tertiary/aromatic N) is 1. The molecule has 4 rings (SSSR count). The van der Waals surface area contributed by atoms with Crippen LogP contribution >= 0.6 is 27.5 Å². The summed E-state index contributed by atoms with van der Waals surface area (Å²) in [6.45, 7) is 4.18. The summed E-state index contributed by atoms with van der Waals surface area (Å²) < 4.78 is 12.5. The summed E-state index contributed by atoms with van der Waals surface area (Å²) in [6, 6.07) is 20.5. The summed E-state index contributed by atoms with van der Waals surface area (Å²) in [6.07, 6.45) is 4.00. The van der Waals surface area contributed by atoms with E-state index < -0.39 is 5.91 Å². The first-order valence-electron chi connectivity index (χ1n) is 10.2. The molecule has 5 nitrogen and oxygen atoms in total. The highest BCUT2D eigenvalue weighted by molar-refractivity contribution is 9.10. The first kappa shape index (κ1) is 22.8. The third-order valence-corrected chi connectivity index (χ3v) is 5.73. The van der Waals surface area contributed by atoms with Crippen LogP contribution < -0.4 is 10.2 Å². The molecule has 1 N–H and O–H groups in total. The van der Waals surface area contributed by atoms with E-state index in [0.29, 0.717) is 23.6 Å². The largest absolute Gasteiger partial charge is 0.489 e. The zero-order chi connectivity index (χ0) is 23.2. The van der Waals surface area contributed by atoms with Gasteiger partial charge in [0.25, 0.3) is 0 Å². The Morgan fingerprint density at radius 1 is 1.12 bits per heavy atom. The maximum Gasteiger partial charge on any atom is 0.307 e. The number of hydrogen-bond acceptors (Lipinski definition) is 4. The molecular weight excluding hydrogens is 504 g/mol. The standard InChI is InChI=1S/C26H20BrClN2O3/c1-2-5-18-12-17(8-10-23(18)32-16-19-6-3-4-7-22(19)28)15-29-30-26(31)25-14-20-13-21(27)9-11-24(20)33-25/h2-4,6-15H,1,5,16H2,(H,30,31)/b29-15+. The van der Waals surface area contributed by atoms with Crippen molar-refractivity contribution in [2.75, 3.05) is 0 Å². The molecule has 1 aromatic heterocycles. The Labute approximate surface area is 204 Å². The van der Waals surface area contributed by atoms with Crippen molar-refractivity contribution >= 4 is 50.6 Å². The molecule has 0 aliphatic rings. The Balaban J connectivity index is 1.43. The number of amides is 1. The minimum atomic E-state index is -0.426. The number of nitrogens with one attached hydrogen (secondary N) is 1. The van der Waals surface area contributed by atoms with Gasteiger partial charge in [-0.15, -0.1) is 6.58 Å². The lowest BCUT2D eigenvalue weighted by Gasteiger charge is -2.12. The van der Waals surface area contributed by atoms with Gasteiger partial charge in [-0.2, -0.15) is 5.10 Å². The van der Waals surface area contributed by atoms with E-state index in [1.54, 1.807) is 24.4 Å². The first-order chi connectivity index (χ1) is 16.0. The number of furan rings is 1. The number of halogens is 2. The molecular formula is C26H20BrClN2O3. The van der Waals surface area contributed by atoms with Gasteiger partial charge in [-0.3, -0.25) is 4.79 Å². The molecule has 0 radical (unpaired) electrons. The predicted octanol–water partition coefficient (Wildman–Crippen LogP) is 6.92. The van der Waals surface area contributed by atoms with Crippen molar-refractivity contribution in [1.29, 1.82) is 0 Å². The molecule has 0 unspecified atom stereocenters. The molecule has 1 heterocycles. The molecule has 0 aliphatic heterocycles. The number of ether oxygens (including phenoxy) is 1. The van der Waals surface area contributed by atoms with Crippen molar-refractivity contribution in [1.82, 2.24) is 5.43 Å². The summed E-state index contributed by atoms with van der Waals surface area (Å²) in [5.74, 6) is 0.505. The molecule has 0 aliphatic carbocycles. The zero-order valence-corrected chi connectivity index (χ0v) is 19.9. The van der Waals surface area contributed by atoms with Gasteiger partial charge in [0.1, 0.15) is 17.9 Å². The fraction of sp³-hybridized carbons (Fsp3) is 0.0769. The highest BCUT2D eigenvalue weighted by Crippen LogP contribution is 2.25. The lowest BCUT2D eigenvalue weighted by Crippen LogP contribution is -2.16. The maximum absolute atomic E-state index is 12.4. The van der Waals surface area contributed by atoms with Crippen LogP contribution in [0.4, 0.5) is 0 Å². The Bertz CT molecular complexity index is 1350. The van der Waals surface area contributed by atoms with Crippen molar-refractivity contribution in [3.05, 3.63) is 111 Å². The normalized spacial score (nSPS) is 11.1. The number of carbonyl (C=O) groups is 1. The van der Waals surface area contributed by atoms with Gasteiger partial charge >= 0.3 is 5.91 Å². The molecule has 7 heteroatoms. The molecule has 4 aromatic rings. The van der Waals surface area contributed by atoms with Crippen molar-refractivity contribution in [2.24, 2.45) is 5.10 Å². The third-order valence-electron chi connectivity index (χ3n) is 4.87. The second-order valence-corrected chi connectivity index (χ2v) is 8.55. The van der Waals surface area contributed by atoms with Crippen LogP contribution in [0.2, 0.25) is 5.02 Å². The summed E-state index contributed by atoms with van der Waals surface area (Å²) in [5.41, 5.74) is 5.81. The van der Waals surface area contributed by atoms with E-state index in [9.17, 15) is 4.79 Å². The van der Waals surface area contributed by atoms with E-state index in [4.69, 9.17) is 20.8 Å². The van der Waals surface area contributed by atoms with Crippen LogP contribution in [-0.2, 0) is 13.0 Å². The van der Waals surface area contributed by atoms with E-state index in [-0.39, 0.29) is 5.76 Å². The number of allylic oxidation sites excluding steroid dienone is 1. The van der Waals surface area contributed by atoms with Crippen molar-refractivity contribution in [2.45, 2.75) is 13.0 Å². The molecule has 0 fully saturated rings. The number of rotatable bonds is 8. The predicted molar refractivity (Wildman–Crippen MR) is 135 cm³/mol. The van der Waals surface area contributed by atoms with Crippen molar-refractivity contribution in [3.63, 3.8) is 0 Å². The molecule has 0 saturated heterocycles. The van der Waals surface area contributed by atoms with E-state index in [1.165, 1.54) is 0 Å². The summed E-state index contributed by atoms with van der Waals surface area (Å²) in [5, 5.41) is 5.56. The van der Waals surface area contributed by atoms with Gasteiger partial charge in [0, 0.05) is 20.4 Å². The van der Waals surface area contributed by atoms with Gasteiger partial charge in [0.15, 0.2) is 5.76 Å². The number of benzene rings is 3. The zero-order valence-electron chi connectivity index (χ0n) is 17.6. The number of hydrogen-bond donors (Lipinski definition) is 1. The van der Waals surface area contributed by atoms with Crippen LogP contribution in [0.3, 0.4) is 0 Å². The highest BCUT2D eigenvalue weighted by Gasteiger charge is 2.12. The number of fused-ring (bicyclic) bond motifs is 1. The van der Waals surface area contributed by atoms with Crippen LogP contribution in [0, 0.1) is 0 Å². The lowest BCUT2D eigenvalue weighted by atomic mass is 10.1. The fourth-order valence-electron chi connectivity index (χ4n) is 3.25. The summed E-state index contributed by atoms with van der Waals surface area (Å²) >= 11 is 9.62. The Hall–Kier alpha value is -3.35. The summed E-state index contributed by atoms with van der Waals surface area (Å²) in [4.78, 5) is 12.4. The molecule has 0 saturated carbocycles. The minimum absolute atomic E-state index is 0.191. The van der Waals surface area contributed by atoms with Gasteiger partial charge in [-0.05, 0) is 66.1 Å². The van der Waals surface area contributed by atoms with Crippen LogP contribution in [0.15, 0.2) is 93.4 Å². The lowest BCUT2D eigenvalue weighted by molar-refractivity contribution is 0.0929. The van der Waals surface area contributed by atoms with Crippen LogP contribution in [0.5, 0.6) is 5.75 Å². The highest BCUT2D eigenvalue weighted by atomic mass is 79.9. The number of hydrazone groups is 1. The summed E-state index contributed by atoms with van der Waals surface area (Å²) in [7, 11) is 0. The SMILES string of the molecule is C=CCc1cc(/C=N/NC(=O)c2cc3cc(Br)ccc3o2)ccc1OCc1ccccc1Cl. The van der Waals surface area contributed by atoms with Gasteiger partial charge in [-0.1, -0.05) is 51.8 Å². The second-order valence-electron chi connectivity index (χ2n) is 7.23. The molecule has 3 aromatic carbocycles. The molecule has 166 valence electrons. The molecule has 0 spiro atoms. The van der Waals surface area contributed by atoms with E-state index >= 15 is 0 Å². The molecule has 0 bridgehead atoms. The van der Waals surface area contributed by atoms with Gasteiger partial charge in [0.05, 0.1) is 6.21 Å². The van der Waals surface area contributed by atoms with Crippen LogP contribution in [0.25, 0.3) is 11.0 Å². The van der Waals surface area contributed by atoms with Gasteiger partial charge in [-0.25, -0.2) is 5.43 Å². The third kappa shape index (κ3) is 5.72. The van der Waals surface area contributed by atoms with Crippen molar-refractivity contribution < 1.29 is 13.9 Å². The average molecular weight is 524 g/mol. The van der Waals surface area contributed by atoms with E-state index in [2.05, 4.69) is 33.0 Å². The van der Waals surface area contributed by atoms with Gasteiger partial charge in [0.2, 0.25) is 0 Å². The first-order valence-corrected chi connectivity index (χ1v) is 11.3. The number of carbonyl (C=O) groups excluding carboxylic acids is 1. The minimum Gasteiger partial charge on any atom is -0.489 e. The second kappa shape index (κ2) is 10.5. The van der Waals surface area contributed by atoms with Crippen molar-refractivity contribution in [3.8, 4) is 5.75 Å². The molecule has 0 atom stereocenters. The van der Waals surface area contributed by atoms with Gasteiger partial charge < -0.3 is 9.15 Å². The fourth-order valence-corrected chi connectivity index (χ4v) is 3.82. The van der Waals surface area contributed by atoms with Crippen LogP contribution in [-0.4, -0.2) is 12.1 Å². The Morgan fingerprint density at radius 2 is 1.97 bits per heavy atom. The molecule has 1 amide bonds.